The number of anilines is 1. The number of aliphatic hydroxyl groups is 1. The van der Waals surface area contributed by atoms with E-state index in [-0.39, 0.29) is 0 Å². The lowest BCUT2D eigenvalue weighted by molar-refractivity contribution is -0.129. The normalized spacial score (nSPS) is 35.3. The van der Waals surface area contributed by atoms with Crippen molar-refractivity contribution in [1.82, 2.24) is 20.2 Å². The van der Waals surface area contributed by atoms with Crippen LogP contribution in [0.5, 0.6) is 0 Å². The molecule has 26 heavy (non-hydrogen) atoms. The molecule has 6 heteroatoms. The van der Waals surface area contributed by atoms with E-state index in [0.29, 0.717) is 23.8 Å². The lowest BCUT2D eigenvalue weighted by atomic mass is 9.52. The molecule has 0 spiro atoms. The molecule has 3 heterocycles. The Kier molecular flexibility index (Phi) is 2.90. The molecule has 4 bridgehead atoms. The number of aromatic nitrogens is 4. The first-order valence-corrected chi connectivity index (χ1v) is 9.63. The first kappa shape index (κ1) is 14.8. The smallest absolute Gasteiger partial charge is 0.139 e. The van der Waals surface area contributed by atoms with Crippen LogP contribution in [0.15, 0.2) is 30.9 Å². The number of aromatic amines is 2. The number of nitrogens with zero attached hydrogens (tertiary/aromatic N) is 2. The van der Waals surface area contributed by atoms with Crippen molar-refractivity contribution >= 4 is 16.7 Å². The van der Waals surface area contributed by atoms with Crippen molar-refractivity contribution < 1.29 is 5.11 Å². The van der Waals surface area contributed by atoms with Crippen LogP contribution in [0.1, 0.15) is 32.1 Å². The van der Waals surface area contributed by atoms with Gasteiger partial charge in [0.2, 0.25) is 0 Å². The van der Waals surface area contributed by atoms with Gasteiger partial charge in [-0.25, -0.2) is 4.98 Å². The van der Waals surface area contributed by atoms with Crippen LogP contribution in [0.25, 0.3) is 22.2 Å². The van der Waals surface area contributed by atoms with Gasteiger partial charge in [-0.05, 0) is 55.9 Å². The Bertz CT molecular complexity index is 946. The molecule has 4 aliphatic rings. The minimum atomic E-state index is -0.399. The Morgan fingerprint density at radius 2 is 2.00 bits per heavy atom. The lowest BCUT2D eigenvalue weighted by Crippen LogP contribution is -2.59. The monoisotopic (exact) mass is 349 g/mol. The molecule has 4 fully saturated rings. The summed E-state index contributed by atoms with van der Waals surface area (Å²) in [5.41, 5.74) is 3.78. The molecule has 4 N–H and O–H groups in total. The van der Waals surface area contributed by atoms with Gasteiger partial charge in [0.1, 0.15) is 5.65 Å². The standard InChI is InChI=1S/C20H23N5O/c26-20-5-11-3-12(6-20)17(13(4-11)7-20)25-18-15-1-2-21-19(15)22-10-16(18)14-8-23-24-9-14/h1-2,8-13,17,26H,3-7H2,(H,23,24)(H2,21,22,25)/t11?,12-,13+,17?,20?. The van der Waals surface area contributed by atoms with Crippen molar-refractivity contribution in [2.75, 3.05) is 5.32 Å². The summed E-state index contributed by atoms with van der Waals surface area (Å²) >= 11 is 0. The number of rotatable bonds is 3. The minimum Gasteiger partial charge on any atom is -0.390 e. The zero-order valence-corrected chi connectivity index (χ0v) is 14.6. The van der Waals surface area contributed by atoms with Gasteiger partial charge >= 0.3 is 0 Å². The second-order valence-electron chi connectivity index (χ2n) is 8.64. The predicted octanol–water partition coefficient (Wildman–Crippen LogP) is 3.30. The summed E-state index contributed by atoms with van der Waals surface area (Å²) in [6, 6.07) is 2.52. The molecule has 5 atom stereocenters. The van der Waals surface area contributed by atoms with Crippen LogP contribution < -0.4 is 5.32 Å². The molecule has 3 aromatic heterocycles. The molecule has 0 aromatic carbocycles. The molecule has 0 aliphatic heterocycles. The highest BCUT2D eigenvalue weighted by molar-refractivity contribution is 5.98. The van der Waals surface area contributed by atoms with Crippen LogP contribution in [0.3, 0.4) is 0 Å². The van der Waals surface area contributed by atoms with E-state index in [2.05, 4.69) is 31.5 Å². The molecule has 3 unspecified atom stereocenters. The van der Waals surface area contributed by atoms with Crippen molar-refractivity contribution in [3.05, 3.63) is 30.9 Å². The Hall–Kier alpha value is -2.34. The van der Waals surface area contributed by atoms with Crippen LogP contribution >= 0.6 is 0 Å². The predicted molar refractivity (Wildman–Crippen MR) is 99.6 cm³/mol. The molecule has 0 saturated heterocycles. The largest absolute Gasteiger partial charge is 0.390 e. The Morgan fingerprint density at radius 3 is 2.73 bits per heavy atom. The molecule has 4 saturated carbocycles. The van der Waals surface area contributed by atoms with Crippen molar-refractivity contribution in [2.24, 2.45) is 17.8 Å². The van der Waals surface area contributed by atoms with Gasteiger partial charge in [0.25, 0.3) is 0 Å². The Labute approximate surface area is 151 Å². The fourth-order valence-electron chi connectivity index (χ4n) is 6.16. The van der Waals surface area contributed by atoms with E-state index >= 15 is 0 Å². The van der Waals surface area contributed by atoms with E-state index in [0.717, 1.165) is 47.1 Å². The van der Waals surface area contributed by atoms with Crippen LogP contribution in [0.4, 0.5) is 5.69 Å². The molecule has 0 amide bonds. The third-order valence-electron chi connectivity index (χ3n) is 6.95. The maximum Gasteiger partial charge on any atom is 0.139 e. The van der Waals surface area contributed by atoms with Crippen LogP contribution in [0, 0.1) is 17.8 Å². The van der Waals surface area contributed by atoms with Gasteiger partial charge in [-0.2, -0.15) is 5.10 Å². The maximum atomic E-state index is 10.9. The van der Waals surface area contributed by atoms with E-state index in [4.69, 9.17) is 0 Å². The fraction of sp³-hybridized carbons (Fsp3) is 0.500. The number of nitrogens with one attached hydrogen (secondary N) is 3. The summed E-state index contributed by atoms with van der Waals surface area (Å²) in [7, 11) is 0. The van der Waals surface area contributed by atoms with E-state index in [9.17, 15) is 5.11 Å². The zero-order chi connectivity index (χ0) is 17.3. The summed E-state index contributed by atoms with van der Waals surface area (Å²) in [5.74, 6) is 1.84. The average molecular weight is 349 g/mol. The van der Waals surface area contributed by atoms with Gasteiger partial charge in [0.05, 0.1) is 17.5 Å². The highest BCUT2D eigenvalue weighted by atomic mass is 16.3. The fourth-order valence-corrected chi connectivity index (χ4v) is 6.16. The summed E-state index contributed by atoms with van der Waals surface area (Å²) in [4.78, 5) is 7.80. The van der Waals surface area contributed by atoms with Crippen LogP contribution in [0.2, 0.25) is 0 Å². The SMILES string of the molecule is OC12CC3C[C@H](C1)C(Nc1c(-c4cn[nH]c4)cnc4[nH]ccc14)[C@@H](C3)C2. The second-order valence-corrected chi connectivity index (χ2v) is 8.64. The van der Waals surface area contributed by atoms with Gasteiger partial charge in [-0.15, -0.1) is 0 Å². The number of fused-ring (bicyclic) bond motifs is 1. The van der Waals surface area contributed by atoms with E-state index in [1.54, 1.807) is 0 Å². The molecule has 4 aliphatic carbocycles. The maximum absolute atomic E-state index is 10.9. The third-order valence-corrected chi connectivity index (χ3v) is 6.95. The molecule has 3 aromatic rings. The Morgan fingerprint density at radius 1 is 1.15 bits per heavy atom. The van der Waals surface area contributed by atoms with Gasteiger partial charge in [-0.1, -0.05) is 0 Å². The summed E-state index contributed by atoms with van der Waals surface area (Å²) < 4.78 is 0. The number of hydrogen-bond acceptors (Lipinski definition) is 4. The highest BCUT2D eigenvalue weighted by Crippen LogP contribution is 2.56. The van der Waals surface area contributed by atoms with E-state index in [1.807, 2.05) is 24.8 Å². The Balaban J connectivity index is 1.43. The van der Waals surface area contributed by atoms with Gasteiger partial charge < -0.3 is 15.4 Å². The topological polar surface area (TPSA) is 89.6 Å². The van der Waals surface area contributed by atoms with Crippen LogP contribution in [-0.2, 0) is 0 Å². The van der Waals surface area contributed by atoms with E-state index < -0.39 is 5.60 Å². The summed E-state index contributed by atoms with van der Waals surface area (Å²) in [6.45, 7) is 0. The quantitative estimate of drug-likeness (QED) is 0.584. The molecule has 6 nitrogen and oxygen atoms in total. The number of hydrogen-bond donors (Lipinski definition) is 4. The third kappa shape index (κ3) is 2.08. The summed E-state index contributed by atoms with van der Waals surface area (Å²) in [5, 5.41) is 22.9. The van der Waals surface area contributed by atoms with Gasteiger partial charge in [0, 0.05) is 41.1 Å². The molecular weight excluding hydrogens is 326 g/mol. The second kappa shape index (κ2) is 5.10. The molecule has 7 rings (SSSR count). The van der Waals surface area contributed by atoms with Crippen LogP contribution in [-0.4, -0.2) is 36.9 Å². The number of H-pyrrole nitrogens is 2. The molecule has 134 valence electrons. The van der Waals surface area contributed by atoms with Crippen molar-refractivity contribution in [3.8, 4) is 11.1 Å². The van der Waals surface area contributed by atoms with Crippen molar-refractivity contribution in [2.45, 2.75) is 43.7 Å². The average Bonchev–Trinajstić information content (AvgIpc) is 3.27. The molecule has 0 radical (unpaired) electrons. The summed E-state index contributed by atoms with van der Waals surface area (Å²) in [6.07, 6.45) is 13.0. The first-order valence-electron chi connectivity index (χ1n) is 9.63. The first-order chi connectivity index (χ1) is 12.7. The highest BCUT2D eigenvalue weighted by Gasteiger charge is 2.54. The van der Waals surface area contributed by atoms with Gasteiger partial charge in [0.15, 0.2) is 0 Å². The lowest BCUT2D eigenvalue weighted by Gasteiger charge is -2.58. The number of pyridine rings is 1. The van der Waals surface area contributed by atoms with Crippen molar-refractivity contribution in [1.29, 1.82) is 0 Å². The van der Waals surface area contributed by atoms with Gasteiger partial charge in [-0.3, -0.25) is 5.10 Å². The minimum absolute atomic E-state index is 0.399. The van der Waals surface area contributed by atoms with E-state index in [1.165, 1.54) is 12.8 Å². The molecular formula is C20H23N5O. The van der Waals surface area contributed by atoms with Crippen molar-refractivity contribution in [3.63, 3.8) is 0 Å². The zero-order valence-electron chi connectivity index (χ0n) is 14.6.